The van der Waals surface area contributed by atoms with Crippen LogP contribution in [0.4, 0.5) is 10.1 Å². The molecule has 0 radical (unpaired) electrons. The zero-order valence-electron chi connectivity index (χ0n) is 11.5. The molecule has 0 unspecified atom stereocenters. The van der Waals surface area contributed by atoms with Crippen molar-refractivity contribution in [3.8, 4) is 0 Å². The average molecular weight is 286 g/mol. The third kappa shape index (κ3) is 4.42. The number of anilines is 1. The van der Waals surface area contributed by atoms with Crippen molar-refractivity contribution >= 4 is 17.8 Å². The van der Waals surface area contributed by atoms with Gasteiger partial charge < -0.3 is 10.2 Å². The van der Waals surface area contributed by atoms with Crippen molar-refractivity contribution in [2.24, 2.45) is 5.16 Å². The van der Waals surface area contributed by atoms with E-state index in [0.717, 1.165) is 5.56 Å². The first-order chi connectivity index (χ1) is 10.2. The van der Waals surface area contributed by atoms with E-state index in [2.05, 4.69) is 10.5 Å². The van der Waals surface area contributed by atoms with E-state index in [1.54, 1.807) is 19.1 Å². The molecular weight excluding hydrogens is 271 g/mol. The molecule has 0 aliphatic carbocycles. The molecule has 2 aromatic rings. The highest BCUT2D eigenvalue weighted by atomic mass is 19.1. The first-order valence-corrected chi connectivity index (χ1v) is 6.46. The van der Waals surface area contributed by atoms with Crippen LogP contribution in [-0.4, -0.2) is 18.2 Å². The highest BCUT2D eigenvalue weighted by molar-refractivity contribution is 5.94. The lowest BCUT2D eigenvalue weighted by Gasteiger charge is -2.10. The molecule has 0 aliphatic heterocycles. The smallest absolute Gasteiger partial charge is 0.268 e. The fraction of sp³-hybridized carbons (Fsp3) is 0.125. The second-order valence-electron chi connectivity index (χ2n) is 4.36. The fourth-order valence-electron chi connectivity index (χ4n) is 1.57. The van der Waals surface area contributed by atoms with Crippen LogP contribution in [0, 0.1) is 5.82 Å². The van der Waals surface area contributed by atoms with Gasteiger partial charge in [-0.3, -0.25) is 4.79 Å². The van der Waals surface area contributed by atoms with Crippen molar-refractivity contribution in [1.29, 1.82) is 0 Å². The molecule has 2 aromatic carbocycles. The van der Waals surface area contributed by atoms with Crippen LogP contribution in [-0.2, 0) is 9.63 Å². The molecule has 0 saturated heterocycles. The molecule has 0 saturated carbocycles. The normalized spacial score (nSPS) is 12.1. The van der Waals surface area contributed by atoms with Gasteiger partial charge in [-0.25, -0.2) is 4.39 Å². The molecule has 0 heterocycles. The number of para-hydroxylation sites is 1. The second kappa shape index (κ2) is 7.19. The minimum atomic E-state index is -0.829. The Morgan fingerprint density at radius 1 is 1.19 bits per heavy atom. The molecule has 0 bridgehead atoms. The van der Waals surface area contributed by atoms with Crippen LogP contribution >= 0.6 is 0 Å². The summed E-state index contributed by atoms with van der Waals surface area (Å²) in [6.45, 7) is 1.54. The van der Waals surface area contributed by atoms with Gasteiger partial charge in [0.25, 0.3) is 5.91 Å². The van der Waals surface area contributed by atoms with E-state index in [9.17, 15) is 9.18 Å². The molecule has 108 valence electrons. The highest BCUT2D eigenvalue weighted by Gasteiger charge is 2.15. The van der Waals surface area contributed by atoms with E-state index in [1.165, 1.54) is 18.3 Å². The predicted molar refractivity (Wildman–Crippen MR) is 79.6 cm³/mol. The van der Waals surface area contributed by atoms with Crippen molar-refractivity contribution in [3.63, 3.8) is 0 Å². The summed E-state index contributed by atoms with van der Waals surface area (Å²) in [6.07, 6.45) is 0.678. The largest absolute Gasteiger partial charge is 0.383 e. The lowest BCUT2D eigenvalue weighted by atomic mass is 10.2. The van der Waals surface area contributed by atoms with Gasteiger partial charge in [0.15, 0.2) is 0 Å². The lowest BCUT2D eigenvalue weighted by Crippen LogP contribution is -2.26. The summed E-state index contributed by atoms with van der Waals surface area (Å²) in [7, 11) is 0. The standard InChI is InChI=1S/C16H15FN2O2/c1-12(21-18-11-13-7-3-2-4-8-13)16(20)19-15-10-6-5-9-14(15)17/h2-12H,1H3,(H,19,20)/b18-11-/t12-/m1/s1. The number of halogens is 1. The SMILES string of the molecule is C[C@@H](O/N=C\c1ccccc1)C(=O)Nc1ccccc1F. The summed E-state index contributed by atoms with van der Waals surface area (Å²) in [6, 6.07) is 15.3. The van der Waals surface area contributed by atoms with Crippen molar-refractivity contribution in [1.82, 2.24) is 0 Å². The van der Waals surface area contributed by atoms with E-state index in [4.69, 9.17) is 4.84 Å². The summed E-state index contributed by atoms with van der Waals surface area (Å²) < 4.78 is 13.4. The fourth-order valence-corrected chi connectivity index (χ4v) is 1.57. The minimum Gasteiger partial charge on any atom is -0.383 e. The number of nitrogens with zero attached hydrogens (tertiary/aromatic N) is 1. The Morgan fingerprint density at radius 2 is 1.86 bits per heavy atom. The van der Waals surface area contributed by atoms with Gasteiger partial charge in [0, 0.05) is 0 Å². The van der Waals surface area contributed by atoms with Crippen LogP contribution in [0.2, 0.25) is 0 Å². The van der Waals surface area contributed by atoms with E-state index in [1.807, 2.05) is 30.3 Å². The Morgan fingerprint density at radius 3 is 2.57 bits per heavy atom. The predicted octanol–water partition coefficient (Wildman–Crippen LogP) is 3.20. The summed E-state index contributed by atoms with van der Waals surface area (Å²) in [5.41, 5.74) is 0.976. The van der Waals surface area contributed by atoms with Crippen LogP contribution in [0.25, 0.3) is 0 Å². The van der Waals surface area contributed by atoms with Crippen molar-refractivity contribution in [2.75, 3.05) is 5.32 Å². The van der Waals surface area contributed by atoms with Crippen LogP contribution in [0.1, 0.15) is 12.5 Å². The number of nitrogens with one attached hydrogen (secondary N) is 1. The van der Waals surface area contributed by atoms with Crippen LogP contribution in [0.15, 0.2) is 59.8 Å². The van der Waals surface area contributed by atoms with Gasteiger partial charge in [-0.2, -0.15) is 0 Å². The lowest BCUT2D eigenvalue weighted by molar-refractivity contribution is -0.126. The van der Waals surface area contributed by atoms with Gasteiger partial charge in [-0.1, -0.05) is 47.6 Å². The van der Waals surface area contributed by atoms with E-state index >= 15 is 0 Å². The first-order valence-electron chi connectivity index (χ1n) is 6.46. The molecule has 0 spiro atoms. The van der Waals surface area contributed by atoms with Gasteiger partial charge in [0.1, 0.15) is 5.82 Å². The summed E-state index contributed by atoms with van der Waals surface area (Å²) >= 11 is 0. The number of carbonyl (C=O) groups is 1. The minimum absolute atomic E-state index is 0.116. The zero-order chi connectivity index (χ0) is 15.1. The van der Waals surface area contributed by atoms with Gasteiger partial charge in [0.05, 0.1) is 11.9 Å². The maximum atomic E-state index is 13.4. The Balaban J connectivity index is 1.88. The van der Waals surface area contributed by atoms with Crippen LogP contribution in [0.5, 0.6) is 0 Å². The quantitative estimate of drug-likeness (QED) is 0.678. The molecule has 2 rings (SSSR count). The van der Waals surface area contributed by atoms with Gasteiger partial charge in [-0.05, 0) is 24.6 Å². The first kappa shape index (κ1) is 14.7. The Labute approximate surface area is 122 Å². The van der Waals surface area contributed by atoms with Gasteiger partial charge in [-0.15, -0.1) is 0 Å². The number of carbonyl (C=O) groups excluding carboxylic acids is 1. The monoisotopic (exact) mass is 286 g/mol. The number of hydrogen-bond acceptors (Lipinski definition) is 3. The number of benzene rings is 2. The average Bonchev–Trinajstić information content (AvgIpc) is 2.50. The molecule has 1 atom stereocenters. The Bertz CT molecular complexity index is 629. The number of oxime groups is 1. The number of hydrogen-bond donors (Lipinski definition) is 1. The van der Waals surface area contributed by atoms with Gasteiger partial charge in [0.2, 0.25) is 6.10 Å². The number of rotatable bonds is 5. The third-order valence-corrected chi connectivity index (χ3v) is 2.72. The highest BCUT2D eigenvalue weighted by Crippen LogP contribution is 2.13. The van der Waals surface area contributed by atoms with Crippen molar-refractivity contribution in [2.45, 2.75) is 13.0 Å². The molecule has 21 heavy (non-hydrogen) atoms. The van der Waals surface area contributed by atoms with E-state index < -0.39 is 17.8 Å². The zero-order valence-corrected chi connectivity index (χ0v) is 11.5. The molecule has 1 N–H and O–H groups in total. The maximum Gasteiger partial charge on any atom is 0.268 e. The number of amides is 1. The summed E-state index contributed by atoms with van der Waals surface area (Å²) in [5.74, 6) is -0.962. The van der Waals surface area contributed by atoms with E-state index in [0.29, 0.717) is 0 Å². The summed E-state index contributed by atoms with van der Waals surface area (Å²) in [5, 5.41) is 6.19. The Kier molecular flexibility index (Phi) is 5.04. The topological polar surface area (TPSA) is 50.7 Å². The van der Waals surface area contributed by atoms with Crippen LogP contribution < -0.4 is 5.32 Å². The van der Waals surface area contributed by atoms with Gasteiger partial charge >= 0.3 is 0 Å². The van der Waals surface area contributed by atoms with Crippen molar-refractivity contribution in [3.05, 3.63) is 66.0 Å². The van der Waals surface area contributed by atoms with Crippen molar-refractivity contribution < 1.29 is 14.0 Å². The molecule has 5 heteroatoms. The molecule has 1 amide bonds. The van der Waals surface area contributed by atoms with Crippen LogP contribution in [0.3, 0.4) is 0 Å². The van der Waals surface area contributed by atoms with E-state index in [-0.39, 0.29) is 5.69 Å². The molecule has 0 aromatic heterocycles. The third-order valence-electron chi connectivity index (χ3n) is 2.72. The second-order valence-corrected chi connectivity index (χ2v) is 4.36. The Hall–Kier alpha value is -2.69. The molecule has 0 fully saturated rings. The molecular formula is C16H15FN2O2. The molecule has 0 aliphatic rings. The molecule has 4 nitrogen and oxygen atoms in total. The maximum absolute atomic E-state index is 13.4. The summed E-state index contributed by atoms with van der Waals surface area (Å²) in [4.78, 5) is 16.9.